The van der Waals surface area contributed by atoms with Crippen LogP contribution in [0.25, 0.3) is 0 Å². The zero-order chi connectivity index (χ0) is 8.60. The van der Waals surface area contributed by atoms with Crippen molar-refractivity contribution in [3.05, 3.63) is 0 Å². The van der Waals surface area contributed by atoms with Gasteiger partial charge in [0.2, 0.25) is 0 Å². The Hall–Kier alpha value is -0.410. The van der Waals surface area contributed by atoms with Gasteiger partial charge in [-0.25, -0.2) is 0 Å². The lowest BCUT2D eigenvalue weighted by atomic mass is 9.92. The normalized spacial score (nSPS) is 32.9. The maximum absolute atomic E-state index is 11.7. The van der Waals surface area contributed by atoms with E-state index in [0.29, 0.717) is 6.61 Å². The molecule has 0 radical (unpaired) electrons. The van der Waals surface area contributed by atoms with Crippen molar-refractivity contribution in [3.63, 3.8) is 0 Å². The second-order valence-corrected chi connectivity index (χ2v) is 3.93. The molecule has 3 heteroatoms. The molecule has 1 aliphatic heterocycles. The van der Waals surface area contributed by atoms with E-state index >= 15 is 0 Å². The molecule has 2 rings (SSSR count). The van der Waals surface area contributed by atoms with Crippen LogP contribution in [0.2, 0.25) is 0 Å². The van der Waals surface area contributed by atoms with E-state index < -0.39 is 5.54 Å². The molecule has 12 heavy (non-hydrogen) atoms. The zero-order valence-electron chi connectivity index (χ0n) is 7.21. The molecular formula is C9H15NO2. The topological polar surface area (TPSA) is 52.3 Å². The molecule has 68 valence electrons. The number of carbonyl (C=O) groups is 1. The van der Waals surface area contributed by atoms with E-state index in [9.17, 15) is 4.79 Å². The molecular weight excluding hydrogens is 154 g/mol. The molecule has 1 unspecified atom stereocenters. The minimum absolute atomic E-state index is 0.0891. The lowest BCUT2D eigenvalue weighted by Crippen LogP contribution is -2.40. The molecule has 0 spiro atoms. The van der Waals surface area contributed by atoms with E-state index in [1.165, 1.54) is 0 Å². The van der Waals surface area contributed by atoms with Crippen molar-refractivity contribution in [2.24, 2.45) is 11.7 Å². The summed E-state index contributed by atoms with van der Waals surface area (Å²) in [5, 5.41) is 0. The van der Waals surface area contributed by atoms with Gasteiger partial charge >= 0.3 is 0 Å². The highest BCUT2D eigenvalue weighted by Crippen LogP contribution is 2.37. The lowest BCUT2D eigenvalue weighted by molar-refractivity contribution is -0.129. The van der Waals surface area contributed by atoms with Gasteiger partial charge in [-0.3, -0.25) is 4.79 Å². The second-order valence-electron chi connectivity index (χ2n) is 3.93. The summed E-state index contributed by atoms with van der Waals surface area (Å²) in [7, 11) is 0. The fraction of sp³-hybridized carbons (Fsp3) is 0.889. The fourth-order valence-electron chi connectivity index (χ4n) is 1.74. The van der Waals surface area contributed by atoms with Crippen molar-refractivity contribution < 1.29 is 9.53 Å². The van der Waals surface area contributed by atoms with Crippen molar-refractivity contribution >= 4 is 5.78 Å². The SMILES string of the molecule is NC1(C(=O)C2CCCOC2)CC1. The summed E-state index contributed by atoms with van der Waals surface area (Å²) in [6, 6.07) is 0. The predicted octanol–water partition coefficient (Wildman–Crippen LogP) is 0.473. The molecule has 2 fully saturated rings. The number of ketones is 1. The van der Waals surface area contributed by atoms with E-state index in [-0.39, 0.29) is 11.7 Å². The Morgan fingerprint density at radius 1 is 1.50 bits per heavy atom. The van der Waals surface area contributed by atoms with Gasteiger partial charge in [-0.2, -0.15) is 0 Å². The van der Waals surface area contributed by atoms with Crippen molar-refractivity contribution in [2.75, 3.05) is 13.2 Å². The van der Waals surface area contributed by atoms with Gasteiger partial charge in [0, 0.05) is 12.5 Å². The van der Waals surface area contributed by atoms with Crippen LogP contribution in [0.1, 0.15) is 25.7 Å². The molecule has 0 aromatic carbocycles. The molecule has 0 amide bonds. The smallest absolute Gasteiger partial charge is 0.158 e. The quantitative estimate of drug-likeness (QED) is 0.654. The summed E-state index contributed by atoms with van der Waals surface area (Å²) in [6.45, 7) is 1.40. The standard InChI is InChI=1S/C9H15NO2/c10-9(3-4-9)8(11)7-2-1-5-12-6-7/h7H,1-6,10H2. The van der Waals surface area contributed by atoms with Gasteiger partial charge in [-0.15, -0.1) is 0 Å². The molecule has 1 aliphatic carbocycles. The molecule has 1 heterocycles. The van der Waals surface area contributed by atoms with Gasteiger partial charge in [0.25, 0.3) is 0 Å². The number of ether oxygens (including phenoxy) is 1. The maximum atomic E-state index is 11.7. The van der Waals surface area contributed by atoms with Gasteiger partial charge in [-0.1, -0.05) is 0 Å². The van der Waals surface area contributed by atoms with E-state index in [0.717, 1.165) is 32.3 Å². The molecule has 3 nitrogen and oxygen atoms in total. The van der Waals surface area contributed by atoms with Crippen LogP contribution in [0.4, 0.5) is 0 Å². The van der Waals surface area contributed by atoms with Crippen LogP contribution in [-0.4, -0.2) is 24.5 Å². The first-order chi connectivity index (χ1) is 5.72. The fourth-order valence-corrected chi connectivity index (χ4v) is 1.74. The minimum atomic E-state index is -0.453. The Kier molecular flexibility index (Phi) is 1.93. The van der Waals surface area contributed by atoms with E-state index in [1.807, 2.05) is 0 Å². The number of nitrogens with two attached hydrogens (primary N) is 1. The zero-order valence-corrected chi connectivity index (χ0v) is 7.21. The third kappa shape index (κ3) is 1.39. The number of Topliss-reactive ketones (excluding diaryl/α,β-unsaturated/α-hetero) is 1. The van der Waals surface area contributed by atoms with Crippen LogP contribution in [0.5, 0.6) is 0 Å². The Balaban J connectivity index is 1.94. The molecule has 2 aliphatic rings. The van der Waals surface area contributed by atoms with Gasteiger partial charge in [-0.05, 0) is 25.7 Å². The Morgan fingerprint density at radius 2 is 2.25 bits per heavy atom. The molecule has 1 saturated heterocycles. The highest BCUT2D eigenvalue weighted by atomic mass is 16.5. The third-order valence-electron chi connectivity index (χ3n) is 2.81. The minimum Gasteiger partial charge on any atom is -0.381 e. The molecule has 1 saturated carbocycles. The van der Waals surface area contributed by atoms with Crippen LogP contribution in [0.3, 0.4) is 0 Å². The summed E-state index contributed by atoms with van der Waals surface area (Å²) in [6.07, 6.45) is 3.73. The highest BCUT2D eigenvalue weighted by Gasteiger charge is 2.48. The third-order valence-corrected chi connectivity index (χ3v) is 2.81. The largest absolute Gasteiger partial charge is 0.381 e. The highest BCUT2D eigenvalue weighted by molar-refractivity contribution is 5.93. The first kappa shape index (κ1) is 8.20. The second kappa shape index (κ2) is 2.82. The monoisotopic (exact) mass is 169 g/mol. The van der Waals surface area contributed by atoms with Crippen molar-refractivity contribution in [2.45, 2.75) is 31.2 Å². The number of carbonyl (C=O) groups excluding carboxylic acids is 1. The summed E-state index contributed by atoms with van der Waals surface area (Å²) < 4.78 is 5.25. The first-order valence-corrected chi connectivity index (χ1v) is 4.63. The van der Waals surface area contributed by atoms with Crippen LogP contribution in [0, 0.1) is 5.92 Å². The Bertz CT molecular complexity index is 193. The van der Waals surface area contributed by atoms with Gasteiger partial charge in [0.05, 0.1) is 12.1 Å². The summed E-state index contributed by atoms with van der Waals surface area (Å²) in [4.78, 5) is 11.7. The van der Waals surface area contributed by atoms with Crippen molar-refractivity contribution in [1.29, 1.82) is 0 Å². The van der Waals surface area contributed by atoms with Crippen LogP contribution >= 0.6 is 0 Å². The average molecular weight is 169 g/mol. The van der Waals surface area contributed by atoms with E-state index in [4.69, 9.17) is 10.5 Å². The summed E-state index contributed by atoms with van der Waals surface area (Å²) >= 11 is 0. The number of rotatable bonds is 2. The van der Waals surface area contributed by atoms with Crippen LogP contribution in [0.15, 0.2) is 0 Å². The van der Waals surface area contributed by atoms with Gasteiger partial charge < -0.3 is 10.5 Å². The number of hydrogen-bond donors (Lipinski definition) is 1. The molecule has 1 atom stereocenters. The molecule has 0 aromatic rings. The molecule has 0 aromatic heterocycles. The predicted molar refractivity (Wildman–Crippen MR) is 44.7 cm³/mol. The number of hydrogen-bond acceptors (Lipinski definition) is 3. The Morgan fingerprint density at radius 3 is 2.75 bits per heavy atom. The summed E-state index contributed by atoms with van der Waals surface area (Å²) in [5.41, 5.74) is 5.36. The van der Waals surface area contributed by atoms with E-state index in [2.05, 4.69) is 0 Å². The molecule has 2 N–H and O–H groups in total. The molecule has 0 bridgehead atoms. The van der Waals surface area contributed by atoms with Crippen LogP contribution < -0.4 is 5.73 Å². The Labute approximate surface area is 72.3 Å². The average Bonchev–Trinajstić information content (AvgIpc) is 2.85. The van der Waals surface area contributed by atoms with Crippen LogP contribution in [-0.2, 0) is 9.53 Å². The maximum Gasteiger partial charge on any atom is 0.158 e. The van der Waals surface area contributed by atoms with E-state index in [1.54, 1.807) is 0 Å². The van der Waals surface area contributed by atoms with Gasteiger partial charge in [0.15, 0.2) is 5.78 Å². The summed E-state index contributed by atoms with van der Waals surface area (Å²) in [5.74, 6) is 0.327. The van der Waals surface area contributed by atoms with Crippen molar-refractivity contribution in [1.82, 2.24) is 0 Å². The van der Waals surface area contributed by atoms with Gasteiger partial charge in [0.1, 0.15) is 0 Å². The van der Waals surface area contributed by atoms with Crippen molar-refractivity contribution in [3.8, 4) is 0 Å². The first-order valence-electron chi connectivity index (χ1n) is 4.63. The lowest BCUT2D eigenvalue weighted by Gasteiger charge is -2.23.